The van der Waals surface area contributed by atoms with Gasteiger partial charge < -0.3 is 10.2 Å². The summed E-state index contributed by atoms with van der Waals surface area (Å²) in [4.78, 5) is 18.8. The van der Waals surface area contributed by atoms with E-state index in [0.29, 0.717) is 41.0 Å². The van der Waals surface area contributed by atoms with Crippen LogP contribution in [-0.4, -0.2) is 39.5 Å². The molecule has 3 heterocycles. The summed E-state index contributed by atoms with van der Waals surface area (Å²) in [6, 6.07) is 1.78. The number of carbonyl (C=O) groups excluding carboxylic acids is 1. The molecule has 24 heavy (non-hydrogen) atoms. The maximum atomic E-state index is 12.1. The van der Waals surface area contributed by atoms with Crippen LogP contribution >= 0.6 is 0 Å². The second kappa shape index (κ2) is 6.33. The van der Waals surface area contributed by atoms with Crippen molar-refractivity contribution in [3.8, 4) is 0 Å². The Kier molecular flexibility index (Phi) is 4.52. The molecule has 132 valence electrons. The van der Waals surface area contributed by atoms with Crippen LogP contribution in [0.25, 0.3) is 0 Å². The monoisotopic (exact) mass is 353 g/mol. The standard InChI is InChI=1S/C16H23N3O4S/c1-10-4-11(2)8-19(7-10)15-5-12-13(6-17-16(12)20)14(18-15)9-24(21,22)23-3/h5,10-11H,4,6-9H2,1-3H3,(H,17,20). The van der Waals surface area contributed by atoms with Gasteiger partial charge in [0.15, 0.2) is 0 Å². The lowest BCUT2D eigenvalue weighted by Crippen LogP contribution is -2.39. The first kappa shape index (κ1) is 17.2. The normalized spacial score (nSPS) is 24.0. The van der Waals surface area contributed by atoms with Gasteiger partial charge in [-0.25, -0.2) is 4.98 Å². The lowest BCUT2D eigenvalue weighted by Gasteiger charge is -2.36. The minimum absolute atomic E-state index is 0.178. The Morgan fingerprint density at radius 2 is 2.00 bits per heavy atom. The Morgan fingerprint density at radius 3 is 2.62 bits per heavy atom. The molecule has 2 aliphatic rings. The average Bonchev–Trinajstić information content (AvgIpc) is 2.88. The van der Waals surface area contributed by atoms with Gasteiger partial charge in [0.1, 0.15) is 11.6 Å². The molecule has 1 saturated heterocycles. The molecule has 1 fully saturated rings. The third-order valence-corrected chi connectivity index (χ3v) is 5.76. The van der Waals surface area contributed by atoms with Crippen molar-refractivity contribution < 1.29 is 17.4 Å². The quantitative estimate of drug-likeness (QED) is 0.821. The third kappa shape index (κ3) is 3.39. The Labute approximate surface area is 142 Å². The van der Waals surface area contributed by atoms with E-state index in [1.807, 2.05) is 0 Å². The fourth-order valence-corrected chi connectivity index (χ4v) is 4.32. The van der Waals surface area contributed by atoms with Crippen LogP contribution in [0.1, 0.15) is 41.9 Å². The van der Waals surface area contributed by atoms with Crippen LogP contribution in [0.4, 0.5) is 5.82 Å². The van der Waals surface area contributed by atoms with Crippen LogP contribution in [0.2, 0.25) is 0 Å². The maximum absolute atomic E-state index is 12.1. The van der Waals surface area contributed by atoms with Crippen LogP contribution in [0.3, 0.4) is 0 Å². The molecule has 1 aromatic heterocycles. The van der Waals surface area contributed by atoms with E-state index in [9.17, 15) is 13.2 Å². The van der Waals surface area contributed by atoms with Crippen LogP contribution in [0.15, 0.2) is 6.07 Å². The first-order valence-corrected chi connectivity index (χ1v) is 9.71. The van der Waals surface area contributed by atoms with Crippen molar-refractivity contribution in [1.82, 2.24) is 10.3 Å². The van der Waals surface area contributed by atoms with Gasteiger partial charge in [-0.2, -0.15) is 8.42 Å². The van der Waals surface area contributed by atoms with E-state index in [-0.39, 0.29) is 11.7 Å². The van der Waals surface area contributed by atoms with Gasteiger partial charge in [0.2, 0.25) is 0 Å². The summed E-state index contributed by atoms with van der Waals surface area (Å²) < 4.78 is 28.3. The molecule has 1 N–H and O–H groups in total. The second-order valence-electron chi connectivity index (χ2n) is 6.86. The van der Waals surface area contributed by atoms with Gasteiger partial charge in [0.25, 0.3) is 16.0 Å². The highest BCUT2D eigenvalue weighted by Crippen LogP contribution is 2.29. The van der Waals surface area contributed by atoms with Crippen LogP contribution in [-0.2, 0) is 26.6 Å². The SMILES string of the molecule is COS(=O)(=O)Cc1nc(N2CC(C)CC(C)C2)cc2c1CNC2=O. The van der Waals surface area contributed by atoms with Crippen LogP contribution in [0.5, 0.6) is 0 Å². The Bertz CT molecular complexity index is 753. The van der Waals surface area contributed by atoms with Crippen molar-refractivity contribution in [2.45, 2.75) is 32.6 Å². The fourth-order valence-electron chi connectivity index (χ4n) is 3.63. The number of nitrogens with zero attached hydrogens (tertiary/aromatic N) is 2. The van der Waals surface area contributed by atoms with Crippen molar-refractivity contribution >= 4 is 21.8 Å². The van der Waals surface area contributed by atoms with E-state index < -0.39 is 10.1 Å². The number of amides is 1. The summed E-state index contributed by atoms with van der Waals surface area (Å²) in [5.74, 6) is 1.23. The Hall–Kier alpha value is -1.67. The molecular formula is C16H23N3O4S. The number of carbonyl (C=O) groups is 1. The first-order chi connectivity index (χ1) is 11.3. The molecule has 7 nitrogen and oxygen atoms in total. The highest BCUT2D eigenvalue weighted by atomic mass is 32.2. The number of hydrogen-bond acceptors (Lipinski definition) is 6. The molecular weight excluding hydrogens is 330 g/mol. The lowest BCUT2D eigenvalue weighted by atomic mass is 9.92. The topological polar surface area (TPSA) is 88.6 Å². The zero-order valence-electron chi connectivity index (χ0n) is 14.2. The van der Waals surface area contributed by atoms with Crippen LogP contribution in [0, 0.1) is 11.8 Å². The number of anilines is 1. The summed E-state index contributed by atoms with van der Waals surface area (Å²) >= 11 is 0. The summed E-state index contributed by atoms with van der Waals surface area (Å²) in [6.07, 6.45) is 1.16. The molecule has 0 aromatic carbocycles. The second-order valence-corrected chi connectivity index (χ2v) is 8.59. The van der Waals surface area contributed by atoms with E-state index in [2.05, 4.69) is 33.2 Å². The number of piperidine rings is 1. The van der Waals surface area contributed by atoms with E-state index in [1.54, 1.807) is 6.07 Å². The van der Waals surface area contributed by atoms with Crippen molar-refractivity contribution in [2.24, 2.45) is 11.8 Å². The van der Waals surface area contributed by atoms with E-state index in [0.717, 1.165) is 26.6 Å². The van der Waals surface area contributed by atoms with E-state index in [1.165, 1.54) is 0 Å². The van der Waals surface area contributed by atoms with Crippen molar-refractivity contribution in [2.75, 3.05) is 25.1 Å². The summed E-state index contributed by atoms with van der Waals surface area (Å²) in [7, 11) is -2.56. The molecule has 8 heteroatoms. The minimum atomic E-state index is -3.70. The maximum Gasteiger partial charge on any atom is 0.272 e. The molecule has 0 spiro atoms. The molecule has 0 aliphatic carbocycles. The largest absolute Gasteiger partial charge is 0.356 e. The number of pyridine rings is 1. The van der Waals surface area contributed by atoms with Gasteiger partial charge in [-0.15, -0.1) is 0 Å². The Morgan fingerprint density at radius 1 is 1.33 bits per heavy atom. The van der Waals surface area contributed by atoms with E-state index in [4.69, 9.17) is 0 Å². The van der Waals surface area contributed by atoms with Crippen molar-refractivity contribution in [1.29, 1.82) is 0 Å². The van der Waals surface area contributed by atoms with Gasteiger partial charge in [0.05, 0.1) is 12.8 Å². The van der Waals surface area contributed by atoms with Gasteiger partial charge in [-0.1, -0.05) is 13.8 Å². The summed E-state index contributed by atoms with van der Waals surface area (Å²) in [6.45, 7) is 6.41. The summed E-state index contributed by atoms with van der Waals surface area (Å²) in [5.41, 5.74) is 1.57. The molecule has 1 aromatic rings. The van der Waals surface area contributed by atoms with Crippen molar-refractivity contribution in [3.63, 3.8) is 0 Å². The fraction of sp³-hybridized carbons (Fsp3) is 0.625. The number of fused-ring (bicyclic) bond motifs is 1. The molecule has 2 atom stereocenters. The first-order valence-electron chi connectivity index (χ1n) is 8.13. The molecule has 3 rings (SSSR count). The zero-order valence-corrected chi connectivity index (χ0v) is 15.0. The molecule has 2 unspecified atom stereocenters. The molecule has 0 bridgehead atoms. The average molecular weight is 353 g/mol. The highest BCUT2D eigenvalue weighted by Gasteiger charge is 2.29. The number of rotatable bonds is 4. The lowest BCUT2D eigenvalue weighted by molar-refractivity contribution is 0.0965. The van der Waals surface area contributed by atoms with Gasteiger partial charge in [0, 0.05) is 30.8 Å². The third-order valence-electron chi connectivity index (χ3n) is 4.63. The molecule has 2 aliphatic heterocycles. The van der Waals surface area contributed by atoms with Gasteiger partial charge in [-0.05, 0) is 24.3 Å². The Balaban J connectivity index is 2.02. The molecule has 0 saturated carbocycles. The smallest absolute Gasteiger partial charge is 0.272 e. The van der Waals surface area contributed by atoms with Gasteiger partial charge in [-0.3, -0.25) is 8.98 Å². The number of aromatic nitrogens is 1. The highest BCUT2D eigenvalue weighted by molar-refractivity contribution is 7.85. The zero-order chi connectivity index (χ0) is 17.5. The minimum Gasteiger partial charge on any atom is -0.356 e. The van der Waals surface area contributed by atoms with Crippen molar-refractivity contribution in [3.05, 3.63) is 22.9 Å². The number of hydrogen-bond donors (Lipinski definition) is 1. The molecule has 1 amide bonds. The predicted molar refractivity (Wildman–Crippen MR) is 90.2 cm³/mol. The summed E-state index contributed by atoms with van der Waals surface area (Å²) in [5, 5.41) is 2.74. The number of nitrogens with one attached hydrogen (secondary N) is 1. The molecule has 0 radical (unpaired) electrons. The van der Waals surface area contributed by atoms with E-state index >= 15 is 0 Å². The predicted octanol–water partition coefficient (Wildman–Crippen LogP) is 1.28. The van der Waals surface area contributed by atoms with Gasteiger partial charge >= 0.3 is 0 Å². The van der Waals surface area contributed by atoms with Crippen LogP contribution < -0.4 is 10.2 Å².